The fraction of sp³-hybridized carbons (Fsp3) is 0.429. The van der Waals surface area contributed by atoms with Gasteiger partial charge in [0.2, 0.25) is 5.91 Å². The van der Waals surface area contributed by atoms with Gasteiger partial charge in [0.15, 0.2) is 0 Å². The van der Waals surface area contributed by atoms with Crippen LogP contribution in [-0.4, -0.2) is 29.6 Å². The van der Waals surface area contributed by atoms with Crippen molar-refractivity contribution in [1.29, 1.82) is 0 Å². The van der Waals surface area contributed by atoms with Gasteiger partial charge >= 0.3 is 5.97 Å². The third-order valence-corrected chi connectivity index (χ3v) is 2.59. The maximum atomic E-state index is 11.4. The van der Waals surface area contributed by atoms with Crippen LogP contribution in [0.2, 0.25) is 0 Å². The molecule has 0 aromatic heterocycles. The molecule has 5 nitrogen and oxygen atoms in total. The highest BCUT2D eigenvalue weighted by Gasteiger charge is 2.13. The van der Waals surface area contributed by atoms with Crippen LogP contribution in [0.15, 0.2) is 24.3 Å². The van der Waals surface area contributed by atoms with Gasteiger partial charge in [-0.1, -0.05) is 17.7 Å². The molecule has 0 saturated heterocycles. The van der Waals surface area contributed by atoms with Crippen LogP contribution in [0.1, 0.15) is 25.3 Å². The Bertz CT molecular complexity index is 428. The standard InChI is InChI=1S/C14H19NO4/c1-10-5-7-12(8-6-10)19-9-3-4-13(16)15-11(2)14(17)18/h5-8,11H,3-4,9H2,1-2H3,(H,15,16)(H,17,18)/t11-/m0/s1. The van der Waals surface area contributed by atoms with E-state index in [1.807, 2.05) is 31.2 Å². The van der Waals surface area contributed by atoms with Crippen molar-refractivity contribution >= 4 is 11.9 Å². The first kappa shape index (κ1) is 15.0. The summed E-state index contributed by atoms with van der Waals surface area (Å²) in [5.74, 6) is -0.545. The Kier molecular flexibility index (Phi) is 5.85. The van der Waals surface area contributed by atoms with Crippen LogP contribution in [0, 0.1) is 6.92 Å². The molecule has 19 heavy (non-hydrogen) atoms. The third kappa shape index (κ3) is 5.90. The fourth-order valence-corrected chi connectivity index (χ4v) is 1.43. The molecular formula is C14H19NO4. The number of aliphatic carboxylic acids is 1. The van der Waals surface area contributed by atoms with Gasteiger partial charge in [0, 0.05) is 6.42 Å². The third-order valence-electron chi connectivity index (χ3n) is 2.59. The van der Waals surface area contributed by atoms with Crippen LogP contribution >= 0.6 is 0 Å². The van der Waals surface area contributed by atoms with E-state index in [1.165, 1.54) is 6.92 Å². The average molecular weight is 265 g/mol. The fourth-order valence-electron chi connectivity index (χ4n) is 1.43. The lowest BCUT2D eigenvalue weighted by molar-refractivity contribution is -0.141. The molecule has 0 spiro atoms. The smallest absolute Gasteiger partial charge is 0.325 e. The molecule has 5 heteroatoms. The van der Waals surface area contributed by atoms with Crippen LogP contribution in [0.5, 0.6) is 5.75 Å². The molecule has 0 aliphatic rings. The normalized spacial score (nSPS) is 11.7. The summed E-state index contributed by atoms with van der Waals surface area (Å²) in [4.78, 5) is 21.9. The minimum Gasteiger partial charge on any atom is -0.494 e. The molecule has 1 aromatic rings. The number of hydrogen-bond acceptors (Lipinski definition) is 3. The number of carboxylic acids is 1. The van der Waals surface area contributed by atoms with E-state index in [4.69, 9.17) is 9.84 Å². The summed E-state index contributed by atoms with van der Waals surface area (Å²) < 4.78 is 5.47. The number of benzene rings is 1. The lowest BCUT2D eigenvalue weighted by Crippen LogP contribution is -2.38. The predicted molar refractivity (Wildman–Crippen MR) is 71.1 cm³/mol. The zero-order valence-electron chi connectivity index (χ0n) is 11.2. The molecule has 0 saturated carbocycles. The SMILES string of the molecule is Cc1ccc(OCCCC(=O)N[C@@H](C)C(=O)O)cc1. The van der Waals surface area contributed by atoms with Crippen molar-refractivity contribution in [2.45, 2.75) is 32.7 Å². The number of nitrogens with one attached hydrogen (secondary N) is 1. The summed E-state index contributed by atoms with van der Waals surface area (Å²) in [5.41, 5.74) is 1.16. The molecule has 0 heterocycles. The Hall–Kier alpha value is -2.04. The van der Waals surface area contributed by atoms with Crippen LogP contribution in [0.3, 0.4) is 0 Å². The van der Waals surface area contributed by atoms with Crippen molar-refractivity contribution in [3.05, 3.63) is 29.8 Å². The number of carboxylic acid groups (broad SMARTS) is 1. The summed E-state index contributed by atoms with van der Waals surface area (Å²) in [7, 11) is 0. The first-order valence-electron chi connectivity index (χ1n) is 6.20. The van der Waals surface area contributed by atoms with Crippen molar-refractivity contribution < 1.29 is 19.4 Å². The van der Waals surface area contributed by atoms with E-state index < -0.39 is 12.0 Å². The Morgan fingerprint density at radius 3 is 2.53 bits per heavy atom. The topological polar surface area (TPSA) is 75.6 Å². The number of carbonyl (C=O) groups is 2. The molecule has 0 fully saturated rings. The number of rotatable bonds is 7. The van der Waals surface area contributed by atoms with Crippen LogP contribution in [-0.2, 0) is 9.59 Å². The molecule has 2 N–H and O–H groups in total. The quantitative estimate of drug-likeness (QED) is 0.736. The Morgan fingerprint density at radius 2 is 1.95 bits per heavy atom. The largest absolute Gasteiger partial charge is 0.494 e. The molecule has 0 bridgehead atoms. The molecule has 104 valence electrons. The zero-order valence-corrected chi connectivity index (χ0v) is 11.2. The molecule has 0 aliphatic heterocycles. The average Bonchev–Trinajstić information content (AvgIpc) is 2.36. The summed E-state index contributed by atoms with van der Waals surface area (Å²) in [6.07, 6.45) is 0.801. The maximum absolute atomic E-state index is 11.4. The minimum atomic E-state index is -1.04. The van der Waals surface area contributed by atoms with E-state index in [1.54, 1.807) is 0 Å². The summed E-state index contributed by atoms with van der Waals surface area (Å²) >= 11 is 0. The lowest BCUT2D eigenvalue weighted by Gasteiger charge is -2.09. The molecular weight excluding hydrogens is 246 g/mol. The van der Waals surface area contributed by atoms with Gasteiger partial charge < -0.3 is 15.2 Å². The minimum absolute atomic E-state index is 0.253. The van der Waals surface area contributed by atoms with Crippen molar-refractivity contribution in [1.82, 2.24) is 5.32 Å². The van der Waals surface area contributed by atoms with Gasteiger partial charge in [0.05, 0.1) is 6.61 Å². The van der Waals surface area contributed by atoms with Crippen molar-refractivity contribution in [3.8, 4) is 5.75 Å². The molecule has 1 aromatic carbocycles. The van der Waals surface area contributed by atoms with Gasteiger partial charge in [-0.15, -0.1) is 0 Å². The number of ether oxygens (including phenoxy) is 1. The molecule has 1 atom stereocenters. The van der Waals surface area contributed by atoms with E-state index in [-0.39, 0.29) is 12.3 Å². The van der Waals surface area contributed by atoms with E-state index in [2.05, 4.69) is 5.32 Å². The predicted octanol–water partition coefficient (Wildman–Crippen LogP) is 1.74. The Balaban J connectivity index is 2.18. The van der Waals surface area contributed by atoms with E-state index >= 15 is 0 Å². The highest BCUT2D eigenvalue weighted by molar-refractivity contribution is 5.83. The number of aryl methyl sites for hydroxylation is 1. The molecule has 1 rings (SSSR count). The molecule has 1 amide bonds. The molecule has 0 radical (unpaired) electrons. The van der Waals surface area contributed by atoms with Gasteiger partial charge in [0.25, 0.3) is 0 Å². The highest BCUT2D eigenvalue weighted by Crippen LogP contribution is 2.11. The second-order valence-electron chi connectivity index (χ2n) is 4.39. The van der Waals surface area contributed by atoms with Crippen LogP contribution in [0.25, 0.3) is 0 Å². The van der Waals surface area contributed by atoms with E-state index in [0.717, 1.165) is 11.3 Å². The van der Waals surface area contributed by atoms with Crippen molar-refractivity contribution in [2.24, 2.45) is 0 Å². The molecule has 0 aliphatic carbocycles. The monoisotopic (exact) mass is 265 g/mol. The second kappa shape index (κ2) is 7.41. The van der Waals surface area contributed by atoms with Crippen molar-refractivity contribution in [2.75, 3.05) is 6.61 Å². The second-order valence-corrected chi connectivity index (χ2v) is 4.39. The highest BCUT2D eigenvalue weighted by atomic mass is 16.5. The maximum Gasteiger partial charge on any atom is 0.325 e. The van der Waals surface area contributed by atoms with Crippen molar-refractivity contribution in [3.63, 3.8) is 0 Å². The Morgan fingerprint density at radius 1 is 1.32 bits per heavy atom. The summed E-state index contributed by atoms with van der Waals surface area (Å²) in [6.45, 7) is 3.86. The number of hydrogen-bond donors (Lipinski definition) is 2. The van der Waals surface area contributed by atoms with Crippen LogP contribution in [0.4, 0.5) is 0 Å². The first-order valence-corrected chi connectivity index (χ1v) is 6.20. The number of carbonyl (C=O) groups excluding carboxylic acids is 1. The summed E-state index contributed by atoms with van der Waals surface area (Å²) in [5, 5.41) is 11.0. The van der Waals surface area contributed by atoms with Gasteiger partial charge in [-0.25, -0.2) is 0 Å². The van der Waals surface area contributed by atoms with Gasteiger partial charge in [-0.05, 0) is 32.4 Å². The van der Waals surface area contributed by atoms with Gasteiger partial charge in [-0.3, -0.25) is 9.59 Å². The van der Waals surface area contributed by atoms with Gasteiger partial charge in [0.1, 0.15) is 11.8 Å². The number of amides is 1. The zero-order chi connectivity index (χ0) is 14.3. The summed E-state index contributed by atoms with van der Waals surface area (Å²) in [6, 6.07) is 6.81. The van der Waals surface area contributed by atoms with Crippen LogP contribution < -0.4 is 10.1 Å². The molecule has 0 unspecified atom stereocenters. The lowest BCUT2D eigenvalue weighted by atomic mass is 10.2. The van der Waals surface area contributed by atoms with Gasteiger partial charge in [-0.2, -0.15) is 0 Å². The van der Waals surface area contributed by atoms with E-state index in [0.29, 0.717) is 13.0 Å². The van der Waals surface area contributed by atoms with E-state index in [9.17, 15) is 9.59 Å². The first-order chi connectivity index (χ1) is 8.99. The Labute approximate surface area is 112 Å².